The van der Waals surface area contributed by atoms with Gasteiger partial charge in [-0.1, -0.05) is 0 Å². The van der Waals surface area contributed by atoms with Gasteiger partial charge in [-0.15, -0.1) is 0 Å². The van der Waals surface area contributed by atoms with Gasteiger partial charge in [0.05, 0.1) is 25.5 Å². The highest BCUT2D eigenvalue weighted by Gasteiger charge is 2.44. The Kier molecular flexibility index (Phi) is 4.54. The van der Waals surface area contributed by atoms with Crippen LogP contribution in [-0.2, 0) is 16.0 Å². The molecule has 0 aromatic carbocycles. The number of anilines is 1. The SMILES string of the molecule is O=c1occn1C[C@H]1OC(n2cnc3c(N[C@@H]4CCOC4)ncnc32)[C@H](O)[C@@H]1O. The van der Waals surface area contributed by atoms with Gasteiger partial charge in [-0.3, -0.25) is 9.13 Å². The molecular formula is C17H20N6O6. The lowest BCUT2D eigenvalue weighted by Gasteiger charge is -2.17. The molecule has 0 radical (unpaired) electrons. The highest BCUT2D eigenvalue weighted by Crippen LogP contribution is 2.33. The van der Waals surface area contributed by atoms with Crippen LogP contribution in [-0.4, -0.2) is 71.9 Å². The van der Waals surface area contributed by atoms with E-state index in [1.54, 1.807) is 4.57 Å². The zero-order valence-electron chi connectivity index (χ0n) is 15.3. The molecule has 3 aromatic heterocycles. The second-order valence-electron chi connectivity index (χ2n) is 7.12. The van der Waals surface area contributed by atoms with Crippen molar-refractivity contribution in [1.82, 2.24) is 24.1 Å². The van der Waals surface area contributed by atoms with Crippen molar-refractivity contribution in [3.05, 3.63) is 35.7 Å². The summed E-state index contributed by atoms with van der Waals surface area (Å²) in [5.41, 5.74) is 0.984. The Hall–Kier alpha value is -2.80. The van der Waals surface area contributed by atoms with E-state index in [4.69, 9.17) is 13.9 Å². The molecule has 1 unspecified atom stereocenters. The lowest BCUT2D eigenvalue weighted by atomic mass is 10.1. The van der Waals surface area contributed by atoms with Crippen molar-refractivity contribution in [2.45, 2.75) is 43.5 Å². The second kappa shape index (κ2) is 7.22. The van der Waals surface area contributed by atoms with Gasteiger partial charge in [0, 0.05) is 12.8 Å². The van der Waals surface area contributed by atoms with Crippen molar-refractivity contribution < 1.29 is 24.1 Å². The molecule has 0 aliphatic carbocycles. The molecule has 0 amide bonds. The van der Waals surface area contributed by atoms with Crippen LogP contribution in [0.5, 0.6) is 0 Å². The average molecular weight is 404 g/mol. The van der Waals surface area contributed by atoms with E-state index in [0.717, 1.165) is 6.42 Å². The number of nitrogens with one attached hydrogen (secondary N) is 1. The first-order valence-electron chi connectivity index (χ1n) is 9.29. The molecule has 3 aromatic rings. The lowest BCUT2D eigenvalue weighted by Crippen LogP contribution is -2.35. The smallest absolute Gasteiger partial charge is 0.416 e. The largest absolute Gasteiger partial charge is 0.418 e. The first kappa shape index (κ1) is 18.2. The molecule has 2 aliphatic rings. The monoisotopic (exact) mass is 404 g/mol. The molecule has 0 bridgehead atoms. The third-order valence-electron chi connectivity index (χ3n) is 5.26. The summed E-state index contributed by atoms with van der Waals surface area (Å²) in [5, 5.41) is 24.3. The van der Waals surface area contributed by atoms with E-state index >= 15 is 0 Å². The zero-order chi connectivity index (χ0) is 20.0. The van der Waals surface area contributed by atoms with E-state index in [9.17, 15) is 15.0 Å². The normalized spacial score (nSPS) is 29.7. The minimum Gasteiger partial charge on any atom is -0.416 e. The van der Waals surface area contributed by atoms with E-state index < -0.39 is 30.3 Å². The average Bonchev–Trinajstić information content (AvgIpc) is 3.49. The molecule has 2 aliphatic heterocycles. The van der Waals surface area contributed by atoms with Gasteiger partial charge in [0.1, 0.15) is 30.9 Å². The van der Waals surface area contributed by atoms with Gasteiger partial charge < -0.3 is 29.4 Å². The lowest BCUT2D eigenvalue weighted by molar-refractivity contribution is -0.0397. The number of aliphatic hydroxyl groups is 2. The van der Waals surface area contributed by atoms with Crippen LogP contribution in [0.15, 0.2) is 34.3 Å². The first-order chi connectivity index (χ1) is 14.1. The predicted molar refractivity (Wildman–Crippen MR) is 97.1 cm³/mol. The summed E-state index contributed by atoms with van der Waals surface area (Å²) in [4.78, 5) is 24.5. The summed E-state index contributed by atoms with van der Waals surface area (Å²) in [6.45, 7) is 1.33. The molecule has 3 N–H and O–H groups in total. The van der Waals surface area contributed by atoms with Gasteiger partial charge in [0.15, 0.2) is 23.2 Å². The van der Waals surface area contributed by atoms with Crippen LogP contribution in [0.25, 0.3) is 11.2 Å². The third-order valence-corrected chi connectivity index (χ3v) is 5.26. The Balaban J connectivity index is 1.41. The number of oxazole rings is 1. The highest BCUT2D eigenvalue weighted by molar-refractivity contribution is 5.82. The molecular weight excluding hydrogens is 384 g/mol. The number of hydrogen-bond donors (Lipinski definition) is 3. The van der Waals surface area contributed by atoms with Crippen molar-refractivity contribution in [2.24, 2.45) is 0 Å². The Morgan fingerprint density at radius 1 is 1.24 bits per heavy atom. The zero-order valence-corrected chi connectivity index (χ0v) is 15.3. The predicted octanol–water partition coefficient (Wildman–Crippen LogP) is -0.899. The molecule has 0 spiro atoms. The molecule has 29 heavy (non-hydrogen) atoms. The maximum Gasteiger partial charge on any atom is 0.418 e. The third kappa shape index (κ3) is 3.19. The van der Waals surface area contributed by atoms with Crippen molar-refractivity contribution in [3.63, 3.8) is 0 Å². The molecule has 5 rings (SSSR count). The number of ether oxygens (including phenoxy) is 2. The van der Waals surface area contributed by atoms with Crippen molar-refractivity contribution >= 4 is 17.0 Å². The van der Waals surface area contributed by atoms with Crippen LogP contribution in [0.4, 0.5) is 5.82 Å². The molecule has 2 fully saturated rings. The molecule has 154 valence electrons. The summed E-state index contributed by atoms with van der Waals surface area (Å²) in [6, 6.07) is 0.144. The molecule has 2 saturated heterocycles. The summed E-state index contributed by atoms with van der Waals surface area (Å²) in [6.07, 6.45) is 2.31. The summed E-state index contributed by atoms with van der Waals surface area (Å²) >= 11 is 0. The van der Waals surface area contributed by atoms with Crippen LogP contribution in [0.3, 0.4) is 0 Å². The second-order valence-corrected chi connectivity index (χ2v) is 7.12. The Morgan fingerprint density at radius 2 is 2.14 bits per heavy atom. The Bertz CT molecular complexity index is 1060. The topological polar surface area (TPSA) is 150 Å². The van der Waals surface area contributed by atoms with Gasteiger partial charge in [-0.25, -0.2) is 19.7 Å². The van der Waals surface area contributed by atoms with Crippen LogP contribution >= 0.6 is 0 Å². The Morgan fingerprint density at radius 3 is 2.90 bits per heavy atom. The minimum absolute atomic E-state index is 0.0418. The van der Waals surface area contributed by atoms with Crippen LogP contribution < -0.4 is 11.1 Å². The standard InChI is InChI=1S/C17H20N6O6/c24-12-10(5-22-2-4-28-17(22)26)29-16(13(12)25)23-8-20-11-14(18-7-19-15(11)23)21-9-1-3-27-6-9/h2,4,7-10,12-13,16,24-25H,1,3,5-6H2,(H,18,19,21)/t9-,10-,12-,13-,16?/m1/s1. The Labute approximate surface area is 163 Å². The fourth-order valence-corrected chi connectivity index (χ4v) is 3.72. The maximum absolute atomic E-state index is 11.6. The number of rotatable bonds is 5. The quantitative estimate of drug-likeness (QED) is 0.488. The first-order valence-corrected chi connectivity index (χ1v) is 9.29. The van der Waals surface area contributed by atoms with Gasteiger partial charge in [-0.2, -0.15) is 0 Å². The number of fused-ring (bicyclic) bond motifs is 1. The van der Waals surface area contributed by atoms with Gasteiger partial charge in [0.25, 0.3) is 0 Å². The number of imidazole rings is 1. The summed E-state index contributed by atoms with van der Waals surface area (Å²) in [5.74, 6) is 0.00459. The van der Waals surface area contributed by atoms with E-state index in [0.29, 0.717) is 30.2 Å². The minimum atomic E-state index is -1.23. The number of hydrogen-bond acceptors (Lipinski definition) is 10. The van der Waals surface area contributed by atoms with Crippen molar-refractivity contribution in [2.75, 3.05) is 18.5 Å². The van der Waals surface area contributed by atoms with Gasteiger partial charge in [0.2, 0.25) is 0 Å². The fraction of sp³-hybridized carbons (Fsp3) is 0.529. The fourth-order valence-electron chi connectivity index (χ4n) is 3.72. The van der Waals surface area contributed by atoms with Crippen molar-refractivity contribution in [3.8, 4) is 0 Å². The molecule has 12 nitrogen and oxygen atoms in total. The number of aromatic nitrogens is 5. The van der Waals surface area contributed by atoms with Crippen LogP contribution in [0.1, 0.15) is 12.6 Å². The maximum atomic E-state index is 11.6. The summed E-state index contributed by atoms with van der Waals surface area (Å²) in [7, 11) is 0. The van der Waals surface area contributed by atoms with Crippen molar-refractivity contribution in [1.29, 1.82) is 0 Å². The van der Waals surface area contributed by atoms with E-state index in [1.807, 2.05) is 0 Å². The van der Waals surface area contributed by atoms with Crippen LogP contribution in [0.2, 0.25) is 0 Å². The molecule has 0 saturated carbocycles. The molecule has 12 heteroatoms. The summed E-state index contributed by atoms with van der Waals surface area (Å²) < 4.78 is 18.8. The van der Waals surface area contributed by atoms with Crippen LogP contribution in [0, 0.1) is 0 Å². The van der Waals surface area contributed by atoms with Gasteiger partial charge >= 0.3 is 5.76 Å². The molecule has 5 heterocycles. The molecule has 5 atom stereocenters. The number of nitrogens with zero attached hydrogens (tertiary/aromatic N) is 5. The number of aliphatic hydroxyl groups excluding tert-OH is 2. The van der Waals surface area contributed by atoms with Gasteiger partial charge in [-0.05, 0) is 6.42 Å². The van der Waals surface area contributed by atoms with E-state index in [-0.39, 0.29) is 12.6 Å². The van der Waals surface area contributed by atoms with E-state index in [1.165, 1.54) is 29.7 Å². The highest BCUT2D eigenvalue weighted by atomic mass is 16.6. The van der Waals surface area contributed by atoms with E-state index in [2.05, 4.69) is 20.3 Å².